The van der Waals surface area contributed by atoms with E-state index in [0.717, 1.165) is 6.42 Å². The Morgan fingerprint density at radius 2 is 2.00 bits per heavy atom. The number of terminal acetylenes is 1. The molecule has 0 aliphatic rings. The zero-order chi connectivity index (χ0) is 10.4. The van der Waals surface area contributed by atoms with E-state index >= 15 is 0 Å². The number of rotatable bonds is 4. The van der Waals surface area contributed by atoms with Crippen LogP contribution in [0.25, 0.3) is 0 Å². The molecule has 0 amide bonds. The second-order valence-corrected chi connectivity index (χ2v) is 3.25. The average molecular weight is 188 g/mol. The highest BCUT2D eigenvalue weighted by molar-refractivity contribution is 5.23. The van der Waals surface area contributed by atoms with E-state index in [1.165, 1.54) is 11.1 Å². The van der Waals surface area contributed by atoms with Gasteiger partial charge in [-0.25, -0.2) is 0 Å². The maximum Gasteiger partial charge on any atom is 0.108 e. The Morgan fingerprint density at radius 1 is 1.36 bits per heavy atom. The molecule has 0 radical (unpaired) electrons. The molecular formula is C13H16O. The van der Waals surface area contributed by atoms with Gasteiger partial charge in [0.05, 0.1) is 6.10 Å². The van der Waals surface area contributed by atoms with E-state index in [9.17, 15) is 0 Å². The first-order valence-electron chi connectivity index (χ1n) is 4.91. The van der Waals surface area contributed by atoms with Gasteiger partial charge >= 0.3 is 0 Å². The van der Waals surface area contributed by atoms with Gasteiger partial charge in [-0.1, -0.05) is 37.1 Å². The molecule has 0 aliphatic carbocycles. The molecule has 0 bridgehead atoms. The lowest BCUT2D eigenvalue weighted by molar-refractivity contribution is 0.0926. The predicted molar refractivity (Wildman–Crippen MR) is 59.0 cm³/mol. The summed E-state index contributed by atoms with van der Waals surface area (Å²) in [5.41, 5.74) is 2.52. The van der Waals surface area contributed by atoms with Crippen molar-refractivity contribution in [2.45, 2.75) is 26.4 Å². The SMILES string of the molecule is C#CCOC(C)c1ccc(CC)cc1. The number of hydrogen-bond acceptors (Lipinski definition) is 1. The maximum atomic E-state index is 5.41. The summed E-state index contributed by atoms with van der Waals surface area (Å²) < 4.78 is 5.41. The van der Waals surface area contributed by atoms with Crippen LogP contribution in [-0.2, 0) is 11.2 Å². The topological polar surface area (TPSA) is 9.23 Å². The van der Waals surface area contributed by atoms with Crippen molar-refractivity contribution in [3.8, 4) is 12.3 Å². The van der Waals surface area contributed by atoms with Crippen molar-refractivity contribution in [2.24, 2.45) is 0 Å². The van der Waals surface area contributed by atoms with Crippen LogP contribution >= 0.6 is 0 Å². The number of benzene rings is 1. The Bertz CT molecular complexity index is 305. The van der Waals surface area contributed by atoms with E-state index in [4.69, 9.17) is 11.2 Å². The molecule has 1 heteroatoms. The van der Waals surface area contributed by atoms with Gasteiger partial charge in [0.2, 0.25) is 0 Å². The average Bonchev–Trinajstić information content (AvgIpc) is 2.26. The van der Waals surface area contributed by atoms with Gasteiger partial charge in [-0.2, -0.15) is 0 Å². The summed E-state index contributed by atoms with van der Waals surface area (Å²) in [6.07, 6.45) is 6.28. The van der Waals surface area contributed by atoms with Gasteiger partial charge in [0.25, 0.3) is 0 Å². The molecule has 1 atom stereocenters. The Morgan fingerprint density at radius 3 is 2.50 bits per heavy atom. The summed E-state index contributed by atoms with van der Waals surface area (Å²) >= 11 is 0. The van der Waals surface area contributed by atoms with E-state index < -0.39 is 0 Å². The van der Waals surface area contributed by atoms with Gasteiger partial charge in [-0.05, 0) is 24.5 Å². The quantitative estimate of drug-likeness (QED) is 0.660. The van der Waals surface area contributed by atoms with Crippen molar-refractivity contribution in [1.29, 1.82) is 0 Å². The van der Waals surface area contributed by atoms with Crippen molar-refractivity contribution in [2.75, 3.05) is 6.61 Å². The summed E-state index contributed by atoms with van der Waals surface area (Å²) in [5, 5.41) is 0. The molecule has 1 rings (SSSR count). The smallest absolute Gasteiger partial charge is 0.108 e. The first-order chi connectivity index (χ1) is 6.77. The van der Waals surface area contributed by atoms with Crippen molar-refractivity contribution >= 4 is 0 Å². The van der Waals surface area contributed by atoms with Gasteiger partial charge in [0.15, 0.2) is 0 Å². The Hall–Kier alpha value is -1.26. The molecule has 1 nitrogen and oxygen atoms in total. The van der Waals surface area contributed by atoms with Crippen molar-refractivity contribution in [3.05, 3.63) is 35.4 Å². The third kappa shape index (κ3) is 2.90. The largest absolute Gasteiger partial charge is 0.361 e. The van der Waals surface area contributed by atoms with Crippen LogP contribution < -0.4 is 0 Å². The van der Waals surface area contributed by atoms with Crippen molar-refractivity contribution < 1.29 is 4.74 Å². The van der Waals surface area contributed by atoms with Crippen LogP contribution in [-0.4, -0.2) is 6.61 Å². The molecule has 0 aliphatic heterocycles. The normalized spacial score (nSPS) is 12.1. The van der Waals surface area contributed by atoms with Crippen LogP contribution in [0.5, 0.6) is 0 Å². The molecule has 74 valence electrons. The summed E-state index contributed by atoms with van der Waals surface area (Å²) in [4.78, 5) is 0. The van der Waals surface area contributed by atoms with Crippen LogP contribution in [0.1, 0.15) is 31.1 Å². The van der Waals surface area contributed by atoms with Gasteiger partial charge < -0.3 is 4.74 Å². The summed E-state index contributed by atoms with van der Waals surface area (Å²) in [6.45, 7) is 4.53. The summed E-state index contributed by atoms with van der Waals surface area (Å²) in [5.74, 6) is 2.47. The Balaban J connectivity index is 2.62. The molecule has 0 fully saturated rings. The van der Waals surface area contributed by atoms with E-state index in [1.807, 2.05) is 6.92 Å². The highest BCUT2D eigenvalue weighted by Crippen LogP contribution is 2.16. The van der Waals surface area contributed by atoms with E-state index in [2.05, 4.69) is 37.1 Å². The fourth-order valence-corrected chi connectivity index (χ4v) is 1.29. The molecule has 0 heterocycles. The fraction of sp³-hybridized carbons (Fsp3) is 0.385. The lowest BCUT2D eigenvalue weighted by Crippen LogP contribution is -2.00. The molecule has 1 aromatic rings. The molecule has 0 aromatic heterocycles. The first kappa shape index (κ1) is 10.8. The van der Waals surface area contributed by atoms with Crippen molar-refractivity contribution in [1.82, 2.24) is 0 Å². The molecule has 14 heavy (non-hydrogen) atoms. The minimum Gasteiger partial charge on any atom is -0.361 e. The molecule has 0 spiro atoms. The first-order valence-corrected chi connectivity index (χ1v) is 4.91. The molecule has 0 saturated carbocycles. The highest BCUT2D eigenvalue weighted by atomic mass is 16.5. The number of ether oxygens (including phenoxy) is 1. The van der Waals surface area contributed by atoms with Gasteiger partial charge in [0, 0.05) is 0 Å². The van der Waals surface area contributed by atoms with Crippen LogP contribution in [0.15, 0.2) is 24.3 Å². The van der Waals surface area contributed by atoms with Crippen LogP contribution in [0.2, 0.25) is 0 Å². The van der Waals surface area contributed by atoms with Gasteiger partial charge in [-0.15, -0.1) is 6.42 Å². The predicted octanol–water partition coefficient (Wildman–Crippen LogP) is 2.96. The van der Waals surface area contributed by atoms with Crippen LogP contribution in [0, 0.1) is 12.3 Å². The Labute approximate surface area is 86.1 Å². The molecule has 0 saturated heterocycles. The molecule has 0 N–H and O–H groups in total. The summed E-state index contributed by atoms with van der Waals surface area (Å²) in [6, 6.07) is 8.45. The standard InChI is InChI=1S/C13H16O/c1-4-10-14-11(3)13-8-6-12(5-2)7-9-13/h1,6-9,11H,5,10H2,2-3H3. The maximum absolute atomic E-state index is 5.41. The van der Waals surface area contributed by atoms with Gasteiger partial charge in [-0.3, -0.25) is 0 Å². The number of hydrogen-bond donors (Lipinski definition) is 0. The van der Waals surface area contributed by atoms with Crippen LogP contribution in [0.4, 0.5) is 0 Å². The molecule has 1 aromatic carbocycles. The second-order valence-electron chi connectivity index (χ2n) is 3.25. The van der Waals surface area contributed by atoms with Gasteiger partial charge in [0.1, 0.15) is 6.61 Å². The summed E-state index contributed by atoms with van der Waals surface area (Å²) in [7, 11) is 0. The second kappa shape index (κ2) is 5.47. The third-order valence-corrected chi connectivity index (χ3v) is 2.27. The Kier molecular flexibility index (Phi) is 4.22. The minimum absolute atomic E-state index is 0.0805. The lowest BCUT2D eigenvalue weighted by Gasteiger charge is -2.11. The minimum atomic E-state index is 0.0805. The fourth-order valence-electron chi connectivity index (χ4n) is 1.29. The lowest BCUT2D eigenvalue weighted by atomic mass is 10.1. The molecular weight excluding hydrogens is 172 g/mol. The van der Waals surface area contributed by atoms with E-state index in [0.29, 0.717) is 6.61 Å². The van der Waals surface area contributed by atoms with E-state index in [1.54, 1.807) is 0 Å². The zero-order valence-electron chi connectivity index (χ0n) is 8.79. The van der Waals surface area contributed by atoms with E-state index in [-0.39, 0.29) is 6.10 Å². The van der Waals surface area contributed by atoms with Crippen LogP contribution in [0.3, 0.4) is 0 Å². The number of aryl methyl sites for hydroxylation is 1. The van der Waals surface area contributed by atoms with Crippen molar-refractivity contribution in [3.63, 3.8) is 0 Å². The third-order valence-electron chi connectivity index (χ3n) is 2.27. The highest BCUT2D eigenvalue weighted by Gasteiger charge is 2.03. The monoisotopic (exact) mass is 188 g/mol. The molecule has 1 unspecified atom stereocenters. The zero-order valence-corrected chi connectivity index (χ0v) is 8.79.